The summed E-state index contributed by atoms with van der Waals surface area (Å²) in [5.74, 6) is -0.0606. The van der Waals surface area contributed by atoms with Crippen molar-refractivity contribution in [2.45, 2.75) is 12.6 Å². The number of likely N-dealkylation sites (N-methyl/N-ethyl adjacent to an activating group) is 1. The highest BCUT2D eigenvalue weighted by atomic mass is 16.2. The number of benzene rings is 1. The maximum atomic E-state index is 11.9. The molecule has 1 unspecified atom stereocenters. The van der Waals surface area contributed by atoms with Crippen molar-refractivity contribution < 1.29 is 4.79 Å². The first-order valence-electron chi connectivity index (χ1n) is 6.86. The Bertz CT molecular complexity index is 671. The number of pyridine rings is 1. The smallest absolute Gasteiger partial charge is 0.248 e. The molecule has 5 nitrogen and oxygen atoms in total. The first kappa shape index (κ1) is 13.6. The third kappa shape index (κ3) is 2.36. The maximum absolute atomic E-state index is 11.9. The first-order valence-corrected chi connectivity index (χ1v) is 6.86. The standard InChI is InChI=1S/C16H18N4O/c1-19(10-11-5-3-4-8-18-11)12-6-7-13-14(9-12)20(2)16(21)15(13)17/h3-9,15H,10,17H2,1-2H3. The topological polar surface area (TPSA) is 62.5 Å². The lowest BCUT2D eigenvalue weighted by Gasteiger charge is -2.20. The van der Waals surface area contributed by atoms with Crippen LogP contribution >= 0.6 is 0 Å². The third-order valence-corrected chi connectivity index (χ3v) is 3.87. The summed E-state index contributed by atoms with van der Waals surface area (Å²) in [6.07, 6.45) is 1.79. The molecule has 1 aromatic carbocycles. The van der Waals surface area contributed by atoms with Crippen LogP contribution in [-0.2, 0) is 11.3 Å². The molecule has 0 bridgehead atoms. The molecule has 0 saturated heterocycles. The summed E-state index contributed by atoms with van der Waals surface area (Å²) in [4.78, 5) is 20.0. The fourth-order valence-corrected chi connectivity index (χ4v) is 2.61. The van der Waals surface area contributed by atoms with Gasteiger partial charge in [-0.05, 0) is 24.3 Å². The summed E-state index contributed by atoms with van der Waals surface area (Å²) in [6.45, 7) is 0.712. The average molecular weight is 282 g/mol. The van der Waals surface area contributed by atoms with Gasteiger partial charge in [-0.1, -0.05) is 12.1 Å². The molecule has 1 atom stereocenters. The zero-order valence-electron chi connectivity index (χ0n) is 12.2. The van der Waals surface area contributed by atoms with E-state index >= 15 is 0 Å². The predicted molar refractivity (Wildman–Crippen MR) is 83.1 cm³/mol. The molecule has 1 amide bonds. The second-order valence-electron chi connectivity index (χ2n) is 5.30. The van der Waals surface area contributed by atoms with Crippen molar-refractivity contribution in [1.29, 1.82) is 0 Å². The zero-order chi connectivity index (χ0) is 15.0. The quantitative estimate of drug-likeness (QED) is 0.930. The molecule has 1 aliphatic rings. The number of hydrogen-bond acceptors (Lipinski definition) is 4. The summed E-state index contributed by atoms with van der Waals surface area (Å²) in [6, 6.07) is 11.3. The van der Waals surface area contributed by atoms with E-state index in [1.54, 1.807) is 18.1 Å². The van der Waals surface area contributed by atoms with Crippen molar-refractivity contribution in [3.05, 3.63) is 53.9 Å². The Morgan fingerprint density at radius 3 is 2.86 bits per heavy atom. The van der Waals surface area contributed by atoms with Crippen molar-refractivity contribution in [2.24, 2.45) is 5.73 Å². The van der Waals surface area contributed by atoms with Gasteiger partial charge in [0.2, 0.25) is 5.91 Å². The number of carbonyl (C=O) groups is 1. The Balaban J connectivity index is 1.86. The van der Waals surface area contributed by atoms with E-state index in [9.17, 15) is 4.79 Å². The molecular weight excluding hydrogens is 264 g/mol. The first-order chi connectivity index (χ1) is 10.1. The number of rotatable bonds is 3. The van der Waals surface area contributed by atoms with Crippen LogP contribution in [0.1, 0.15) is 17.3 Å². The van der Waals surface area contributed by atoms with Gasteiger partial charge in [0.05, 0.1) is 17.9 Å². The van der Waals surface area contributed by atoms with Gasteiger partial charge in [0.15, 0.2) is 0 Å². The van der Waals surface area contributed by atoms with Gasteiger partial charge in [-0.2, -0.15) is 0 Å². The second-order valence-corrected chi connectivity index (χ2v) is 5.30. The summed E-state index contributed by atoms with van der Waals surface area (Å²) in [5.41, 5.74) is 9.73. The predicted octanol–water partition coefficient (Wildman–Crippen LogP) is 1.69. The number of carbonyl (C=O) groups excluding carboxylic acids is 1. The van der Waals surface area contributed by atoms with Gasteiger partial charge in [0.25, 0.3) is 0 Å². The van der Waals surface area contributed by atoms with Crippen molar-refractivity contribution in [1.82, 2.24) is 4.98 Å². The van der Waals surface area contributed by atoms with Crippen LogP contribution in [0.2, 0.25) is 0 Å². The van der Waals surface area contributed by atoms with Gasteiger partial charge in [0, 0.05) is 31.5 Å². The maximum Gasteiger partial charge on any atom is 0.248 e. The minimum Gasteiger partial charge on any atom is -0.369 e. The van der Waals surface area contributed by atoms with Crippen molar-refractivity contribution in [3.8, 4) is 0 Å². The van der Waals surface area contributed by atoms with Crippen LogP contribution in [0.3, 0.4) is 0 Å². The molecular formula is C16H18N4O. The Labute approximate surface area is 124 Å². The number of amides is 1. The lowest BCUT2D eigenvalue weighted by atomic mass is 10.1. The number of fused-ring (bicyclic) bond motifs is 1. The van der Waals surface area contributed by atoms with E-state index in [0.717, 1.165) is 22.6 Å². The Kier molecular flexibility index (Phi) is 3.35. The monoisotopic (exact) mass is 282 g/mol. The van der Waals surface area contributed by atoms with Gasteiger partial charge < -0.3 is 15.5 Å². The summed E-state index contributed by atoms with van der Waals surface area (Å²) < 4.78 is 0. The minimum atomic E-state index is -0.542. The molecule has 0 radical (unpaired) electrons. The largest absolute Gasteiger partial charge is 0.369 e. The Hall–Kier alpha value is -2.40. The van der Waals surface area contributed by atoms with E-state index in [-0.39, 0.29) is 5.91 Å². The third-order valence-electron chi connectivity index (χ3n) is 3.87. The van der Waals surface area contributed by atoms with Gasteiger partial charge >= 0.3 is 0 Å². The van der Waals surface area contributed by atoms with Crippen LogP contribution in [0.15, 0.2) is 42.6 Å². The van der Waals surface area contributed by atoms with Crippen molar-refractivity contribution in [2.75, 3.05) is 23.9 Å². The number of nitrogens with two attached hydrogens (primary N) is 1. The molecule has 1 aromatic heterocycles. The lowest BCUT2D eigenvalue weighted by molar-refractivity contribution is -0.118. The van der Waals surface area contributed by atoms with Crippen molar-refractivity contribution >= 4 is 17.3 Å². The summed E-state index contributed by atoms with van der Waals surface area (Å²) in [7, 11) is 3.77. The molecule has 0 aliphatic carbocycles. The fraction of sp³-hybridized carbons (Fsp3) is 0.250. The van der Waals surface area contributed by atoms with Crippen LogP contribution in [0.5, 0.6) is 0 Å². The lowest BCUT2D eigenvalue weighted by Crippen LogP contribution is -2.27. The van der Waals surface area contributed by atoms with Crippen LogP contribution in [0.25, 0.3) is 0 Å². The highest BCUT2D eigenvalue weighted by molar-refractivity contribution is 6.04. The highest BCUT2D eigenvalue weighted by Gasteiger charge is 2.32. The molecule has 0 fully saturated rings. The molecule has 21 heavy (non-hydrogen) atoms. The van der Waals surface area contributed by atoms with Gasteiger partial charge in [0.1, 0.15) is 6.04 Å². The van der Waals surface area contributed by atoms with E-state index in [0.29, 0.717) is 6.54 Å². The zero-order valence-corrected chi connectivity index (χ0v) is 12.2. The number of nitrogens with zero attached hydrogens (tertiary/aromatic N) is 3. The van der Waals surface area contributed by atoms with E-state index in [1.165, 1.54) is 0 Å². The Morgan fingerprint density at radius 2 is 2.14 bits per heavy atom. The van der Waals surface area contributed by atoms with Gasteiger partial charge in [-0.15, -0.1) is 0 Å². The molecule has 3 rings (SSSR count). The fourth-order valence-electron chi connectivity index (χ4n) is 2.61. The number of hydrogen-bond donors (Lipinski definition) is 1. The van der Waals surface area contributed by atoms with Crippen LogP contribution in [0.4, 0.5) is 11.4 Å². The van der Waals surface area contributed by atoms with Crippen molar-refractivity contribution in [3.63, 3.8) is 0 Å². The van der Waals surface area contributed by atoms with Gasteiger partial charge in [-0.25, -0.2) is 0 Å². The minimum absolute atomic E-state index is 0.0606. The van der Waals surface area contributed by atoms with Gasteiger partial charge in [-0.3, -0.25) is 9.78 Å². The molecule has 108 valence electrons. The number of anilines is 2. The summed E-state index contributed by atoms with van der Waals surface area (Å²) >= 11 is 0. The van der Waals surface area contributed by atoms with E-state index in [1.807, 2.05) is 43.4 Å². The number of aromatic nitrogens is 1. The molecule has 2 heterocycles. The van der Waals surface area contributed by atoms with E-state index < -0.39 is 6.04 Å². The SMILES string of the molecule is CN(Cc1ccccn1)c1ccc2c(c1)N(C)C(=O)C2N. The van der Waals surface area contributed by atoms with Crippen LogP contribution in [-0.4, -0.2) is 25.0 Å². The second kappa shape index (κ2) is 5.18. The Morgan fingerprint density at radius 1 is 1.33 bits per heavy atom. The van der Waals surface area contributed by atoms with E-state index in [2.05, 4.69) is 9.88 Å². The molecule has 0 saturated carbocycles. The highest BCUT2D eigenvalue weighted by Crippen LogP contribution is 2.36. The molecule has 5 heteroatoms. The molecule has 2 N–H and O–H groups in total. The van der Waals surface area contributed by atoms with E-state index in [4.69, 9.17) is 5.73 Å². The average Bonchev–Trinajstić information content (AvgIpc) is 2.73. The van der Waals surface area contributed by atoms with Crippen LogP contribution < -0.4 is 15.5 Å². The molecule has 0 spiro atoms. The van der Waals surface area contributed by atoms with Crippen LogP contribution in [0, 0.1) is 0 Å². The summed E-state index contributed by atoms with van der Waals surface area (Å²) in [5, 5.41) is 0. The normalized spacial score (nSPS) is 17.0. The molecule has 2 aromatic rings. The molecule has 1 aliphatic heterocycles.